The first-order valence-corrected chi connectivity index (χ1v) is 13.0. The van der Waals surface area contributed by atoms with E-state index >= 15 is 0 Å². The number of carboxylic acids is 1. The van der Waals surface area contributed by atoms with E-state index in [-0.39, 0.29) is 5.91 Å². The number of carboxylic acid groups (broad SMARTS) is 1. The molecular weight excluding hydrogens is 428 g/mol. The number of amides is 1. The van der Waals surface area contributed by atoms with Crippen molar-refractivity contribution in [1.82, 2.24) is 19.6 Å². The lowest BCUT2D eigenvalue weighted by molar-refractivity contribution is -0.151. The molecule has 2 N–H and O–H groups in total. The van der Waals surface area contributed by atoms with E-state index in [9.17, 15) is 14.7 Å². The van der Waals surface area contributed by atoms with E-state index < -0.39 is 11.4 Å². The standard InChI is InChI=1S/C27H36N4O3/c1-26(25(33)34)6-3-7-30(17-26)14-21-15-31-22(4-2-5-23(31)29-21)24(32)28-16-27-11-18-8-19(12-27)10-20(9-18)13-27/h2,4-5,15,18-20H,3,6-14,16-17H2,1H3,(H,28,32)(H,33,34). The first kappa shape index (κ1) is 22.1. The first-order chi connectivity index (χ1) is 16.3. The molecule has 0 spiro atoms. The van der Waals surface area contributed by atoms with Crippen molar-refractivity contribution >= 4 is 17.5 Å². The summed E-state index contributed by atoms with van der Waals surface area (Å²) >= 11 is 0. The predicted molar refractivity (Wildman–Crippen MR) is 128 cm³/mol. The second-order valence-corrected chi connectivity index (χ2v) is 12.2. The van der Waals surface area contributed by atoms with Crippen molar-refractivity contribution in [3.05, 3.63) is 35.8 Å². The fourth-order valence-corrected chi connectivity index (χ4v) is 8.07. The van der Waals surface area contributed by atoms with Crippen molar-refractivity contribution in [3.63, 3.8) is 0 Å². The maximum atomic E-state index is 13.3. The molecule has 1 unspecified atom stereocenters. The SMILES string of the molecule is CC1(C(=O)O)CCCN(Cc2cn3c(C(=O)NCC45CC6CC(CC(C6)C4)C5)cccc3n2)C1. The second kappa shape index (κ2) is 8.08. The van der Waals surface area contributed by atoms with Gasteiger partial charge in [0, 0.05) is 25.8 Å². The summed E-state index contributed by atoms with van der Waals surface area (Å²) in [4.78, 5) is 31.9. The van der Waals surface area contributed by atoms with Crippen LogP contribution in [0, 0.1) is 28.6 Å². The molecule has 2 aromatic rings. The molecule has 7 nitrogen and oxygen atoms in total. The minimum atomic E-state index is -0.731. The summed E-state index contributed by atoms with van der Waals surface area (Å²) in [6.07, 6.45) is 11.6. The number of hydrogen-bond donors (Lipinski definition) is 2. The fraction of sp³-hybridized carbons (Fsp3) is 0.667. The number of aliphatic carboxylic acids is 1. The van der Waals surface area contributed by atoms with Crippen LogP contribution in [0.15, 0.2) is 24.4 Å². The van der Waals surface area contributed by atoms with Crippen LogP contribution in [0.1, 0.15) is 74.5 Å². The summed E-state index contributed by atoms with van der Waals surface area (Å²) in [5.41, 5.74) is 1.85. The number of fused-ring (bicyclic) bond motifs is 1. The van der Waals surface area contributed by atoms with Crippen LogP contribution in [-0.4, -0.2) is 50.9 Å². The van der Waals surface area contributed by atoms with Gasteiger partial charge in [-0.3, -0.25) is 18.9 Å². The Hall–Kier alpha value is -2.41. The van der Waals surface area contributed by atoms with Crippen LogP contribution >= 0.6 is 0 Å². The molecule has 0 radical (unpaired) electrons. The molecule has 3 heterocycles. The maximum Gasteiger partial charge on any atom is 0.310 e. The number of nitrogens with one attached hydrogen (secondary N) is 1. The molecule has 1 atom stereocenters. The number of piperidine rings is 1. The Kier molecular flexibility index (Phi) is 5.24. The molecule has 182 valence electrons. The zero-order valence-electron chi connectivity index (χ0n) is 20.1. The van der Waals surface area contributed by atoms with Gasteiger partial charge in [-0.2, -0.15) is 0 Å². The zero-order chi connectivity index (χ0) is 23.5. The largest absolute Gasteiger partial charge is 0.481 e. The minimum Gasteiger partial charge on any atom is -0.481 e. The Morgan fingerprint density at radius 2 is 1.85 bits per heavy atom. The Balaban J connectivity index is 1.16. The number of carbonyl (C=O) groups excluding carboxylic acids is 1. The van der Waals surface area contributed by atoms with Gasteiger partial charge in [-0.05, 0) is 100 Å². The first-order valence-electron chi connectivity index (χ1n) is 13.0. The normalized spacial score (nSPS) is 35.0. The predicted octanol–water partition coefficient (Wildman–Crippen LogP) is 3.97. The molecule has 5 fully saturated rings. The Labute approximate surface area is 200 Å². The minimum absolute atomic E-state index is 0.0262. The summed E-state index contributed by atoms with van der Waals surface area (Å²) in [7, 11) is 0. The van der Waals surface area contributed by atoms with Crippen LogP contribution in [0.4, 0.5) is 0 Å². The number of likely N-dealkylation sites (tertiary alicyclic amines) is 1. The van der Waals surface area contributed by atoms with Crippen molar-refractivity contribution < 1.29 is 14.7 Å². The smallest absolute Gasteiger partial charge is 0.310 e. The van der Waals surface area contributed by atoms with Crippen LogP contribution in [0.25, 0.3) is 5.65 Å². The van der Waals surface area contributed by atoms with Crippen LogP contribution in [-0.2, 0) is 11.3 Å². The van der Waals surface area contributed by atoms with E-state index in [1.165, 1.54) is 38.5 Å². The summed E-state index contributed by atoms with van der Waals surface area (Å²) in [5, 5.41) is 12.9. The summed E-state index contributed by atoms with van der Waals surface area (Å²) in [5.74, 6) is 1.87. The van der Waals surface area contributed by atoms with Crippen molar-refractivity contribution in [2.45, 2.75) is 64.8 Å². The number of nitrogens with zero attached hydrogens (tertiary/aromatic N) is 3. The molecule has 1 amide bonds. The highest BCUT2D eigenvalue weighted by Gasteiger charge is 2.50. The monoisotopic (exact) mass is 464 g/mol. The lowest BCUT2D eigenvalue weighted by atomic mass is 9.49. The van der Waals surface area contributed by atoms with Gasteiger partial charge in [0.15, 0.2) is 0 Å². The molecule has 4 aliphatic carbocycles. The van der Waals surface area contributed by atoms with Gasteiger partial charge in [0.1, 0.15) is 11.3 Å². The highest BCUT2D eigenvalue weighted by Crippen LogP contribution is 2.59. The fourth-order valence-electron chi connectivity index (χ4n) is 8.07. The molecule has 0 aromatic carbocycles. The molecule has 5 aliphatic rings. The Bertz CT molecular complexity index is 1090. The highest BCUT2D eigenvalue weighted by molar-refractivity contribution is 5.93. The van der Waals surface area contributed by atoms with Gasteiger partial charge in [-0.15, -0.1) is 0 Å². The van der Waals surface area contributed by atoms with Crippen molar-refractivity contribution in [3.8, 4) is 0 Å². The van der Waals surface area contributed by atoms with Crippen LogP contribution in [0.2, 0.25) is 0 Å². The van der Waals surface area contributed by atoms with Gasteiger partial charge in [0.2, 0.25) is 0 Å². The Morgan fingerprint density at radius 1 is 1.15 bits per heavy atom. The third-order valence-corrected chi connectivity index (χ3v) is 9.24. The average molecular weight is 465 g/mol. The van der Waals surface area contributed by atoms with Crippen LogP contribution in [0.5, 0.6) is 0 Å². The van der Waals surface area contributed by atoms with Gasteiger partial charge in [-0.25, -0.2) is 4.98 Å². The quantitative estimate of drug-likeness (QED) is 0.676. The molecule has 7 heteroatoms. The van der Waals surface area contributed by atoms with Gasteiger partial charge in [0.05, 0.1) is 11.1 Å². The lowest BCUT2D eigenvalue weighted by Gasteiger charge is -2.56. The number of hydrogen-bond acceptors (Lipinski definition) is 4. The summed E-state index contributed by atoms with van der Waals surface area (Å²) in [6.45, 7) is 4.61. The number of carbonyl (C=O) groups is 2. The lowest BCUT2D eigenvalue weighted by Crippen LogP contribution is -2.51. The van der Waals surface area contributed by atoms with E-state index in [0.717, 1.165) is 48.6 Å². The molecule has 7 rings (SSSR count). The van der Waals surface area contributed by atoms with Gasteiger partial charge < -0.3 is 10.4 Å². The molecule has 1 saturated heterocycles. The summed E-state index contributed by atoms with van der Waals surface area (Å²) in [6, 6.07) is 5.70. The highest BCUT2D eigenvalue weighted by atomic mass is 16.4. The Morgan fingerprint density at radius 3 is 2.53 bits per heavy atom. The number of rotatable bonds is 6. The molecule has 1 aliphatic heterocycles. The average Bonchev–Trinajstić information content (AvgIpc) is 3.19. The third kappa shape index (κ3) is 3.92. The van der Waals surface area contributed by atoms with E-state index in [4.69, 9.17) is 4.98 Å². The third-order valence-electron chi connectivity index (χ3n) is 9.24. The molecular formula is C27H36N4O3. The van der Waals surface area contributed by atoms with Gasteiger partial charge in [-0.1, -0.05) is 6.07 Å². The van der Waals surface area contributed by atoms with Crippen LogP contribution < -0.4 is 5.32 Å². The van der Waals surface area contributed by atoms with E-state index in [1.807, 2.05) is 35.7 Å². The van der Waals surface area contributed by atoms with Crippen molar-refractivity contribution in [1.29, 1.82) is 0 Å². The van der Waals surface area contributed by atoms with E-state index in [1.54, 1.807) is 0 Å². The zero-order valence-corrected chi connectivity index (χ0v) is 20.1. The van der Waals surface area contributed by atoms with Gasteiger partial charge >= 0.3 is 5.97 Å². The number of imidazole rings is 1. The molecule has 34 heavy (non-hydrogen) atoms. The van der Waals surface area contributed by atoms with Crippen molar-refractivity contribution in [2.75, 3.05) is 19.6 Å². The second-order valence-electron chi connectivity index (χ2n) is 12.2. The maximum absolute atomic E-state index is 13.3. The summed E-state index contributed by atoms with van der Waals surface area (Å²) < 4.78 is 1.89. The topological polar surface area (TPSA) is 86.9 Å². The number of aromatic nitrogens is 2. The van der Waals surface area contributed by atoms with Crippen molar-refractivity contribution in [2.24, 2.45) is 28.6 Å². The molecule has 4 bridgehead atoms. The van der Waals surface area contributed by atoms with Crippen LogP contribution in [0.3, 0.4) is 0 Å². The van der Waals surface area contributed by atoms with E-state index in [0.29, 0.717) is 30.6 Å². The van der Waals surface area contributed by atoms with E-state index in [2.05, 4.69) is 10.2 Å². The molecule has 2 aromatic heterocycles. The van der Waals surface area contributed by atoms with Gasteiger partial charge in [0.25, 0.3) is 5.91 Å². The molecule has 4 saturated carbocycles. The number of pyridine rings is 1.